The predicted molar refractivity (Wildman–Crippen MR) is 118 cm³/mol. The van der Waals surface area contributed by atoms with Crippen molar-refractivity contribution in [2.24, 2.45) is 11.7 Å². The normalized spacial score (nSPS) is 16.2. The predicted octanol–water partition coefficient (Wildman–Crippen LogP) is 4.00. The lowest BCUT2D eigenvalue weighted by Crippen LogP contribution is -2.20. The van der Waals surface area contributed by atoms with Gasteiger partial charge in [0, 0.05) is 6.42 Å². The Morgan fingerprint density at radius 2 is 1.76 bits per heavy atom. The Balaban J connectivity index is 0.000000169. The Morgan fingerprint density at radius 3 is 2.38 bits per heavy atom. The number of fused-ring (bicyclic) bond motifs is 1. The Kier molecular flexibility index (Phi) is 8.12. The lowest BCUT2D eigenvalue weighted by molar-refractivity contribution is -0.118. The molecule has 4 rings (SSSR count). The van der Waals surface area contributed by atoms with E-state index in [-0.39, 0.29) is 5.91 Å². The quantitative estimate of drug-likeness (QED) is 0.772. The van der Waals surface area contributed by atoms with Crippen molar-refractivity contribution in [2.45, 2.75) is 44.9 Å². The van der Waals surface area contributed by atoms with Gasteiger partial charge in [0.15, 0.2) is 0 Å². The van der Waals surface area contributed by atoms with Crippen molar-refractivity contribution in [1.82, 2.24) is 4.90 Å². The fourth-order valence-corrected chi connectivity index (χ4v) is 4.42. The van der Waals surface area contributed by atoms with Gasteiger partial charge in [-0.1, -0.05) is 36.4 Å². The summed E-state index contributed by atoms with van der Waals surface area (Å²) < 4.78 is 5.22. The first-order valence-electron chi connectivity index (χ1n) is 10.8. The van der Waals surface area contributed by atoms with Gasteiger partial charge in [-0.05, 0) is 92.9 Å². The van der Waals surface area contributed by atoms with Crippen LogP contribution in [0.4, 0.5) is 0 Å². The van der Waals surface area contributed by atoms with E-state index in [1.807, 2.05) is 18.2 Å². The van der Waals surface area contributed by atoms with Crippen molar-refractivity contribution in [2.75, 3.05) is 26.7 Å². The zero-order valence-electron chi connectivity index (χ0n) is 17.6. The number of primary amides is 1. The maximum absolute atomic E-state index is 10.7. The van der Waals surface area contributed by atoms with Crippen LogP contribution in [0, 0.1) is 5.92 Å². The van der Waals surface area contributed by atoms with Crippen LogP contribution in [0.25, 0.3) is 0 Å². The molecule has 0 atom stereocenters. The molecule has 4 heteroatoms. The summed E-state index contributed by atoms with van der Waals surface area (Å²) in [7, 11) is 1.73. The molecule has 0 saturated carbocycles. The fourth-order valence-electron chi connectivity index (χ4n) is 4.42. The summed E-state index contributed by atoms with van der Waals surface area (Å²) in [6, 6.07) is 16.8. The third-order valence-electron chi connectivity index (χ3n) is 5.90. The van der Waals surface area contributed by atoms with E-state index in [0.29, 0.717) is 12.3 Å². The maximum atomic E-state index is 10.7. The van der Waals surface area contributed by atoms with Crippen LogP contribution < -0.4 is 10.5 Å². The highest BCUT2D eigenvalue weighted by Gasteiger charge is 2.21. The molecule has 1 aliphatic carbocycles. The molecular formula is C25H34N2O2. The number of nitrogens with two attached hydrogens (primary N) is 1. The molecule has 2 aromatic carbocycles. The third kappa shape index (κ3) is 6.90. The largest absolute Gasteiger partial charge is 0.497 e. The van der Waals surface area contributed by atoms with Gasteiger partial charge in [0.1, 0.15) is 5.75 Å². The number of hydrogen-bond acceptors (Lipinski definition) is 3. The first-order chi connectivity index (χ1) is 14.1. The van der Waals surface area contributed by atoms with Crippen molar-refractivity contribution < 1.29 is 9.53 Å². The van der Waals surface area contributed by atoms with Gasteiger partial charge in [-0.2, -0.15) is 0 Å². The zero-order chi connectivity index (χ0) is 20.5. The molecule has 29 heavy (non-hydrogen) atoms. The van der Waals surface area contributed by atoms with Gasteiger partial charge in [-0.15, -0.1) is 0 Å². The van der Waals surface area contributed by atoms with Gasteiger partial charge in [-0.3, -0.25) is 4.79 Å². The highest BCUT2D eigenvalue weighted by Crippen LogP contribution is 2.28. The Labute approximate surface area is 175 Å². The molecule has 156 valence electrons. The van der Waals surface area contributed by atoms with Gasteiger partial charge in [0.2, 0.25) is 5.91 Å². The van der Waals surface area contributed by atoms with Crippen molar-refractivity contribution in [1.29, 1.82) is 0 Å². The molecule has 0 aromatic heterocycles. The number of nitrogens with zero attached hydrogens (tertiary/aromatic N) is 1. The summed E-state index contributed by atoms with van der Waals surface area (Å²) >= 11 is 0. The summed E-state index contributed by atoms with van der Waals surface area (Å²) in [5, 5.41) is 0. The second kappa shape index (κ2) is 11.0. The zero-order valence-corrected chi connectivity index (χ0v) is 17.6. The molecule has 1 amide bonds. The van der Waals surface area contributed by atoms with Crippen LogP contribution in [0.1, 0.15) is 42.4 Å². The van der Waals surface area contributed by atoms with Crippen LogP contribution >= 0.6 is 0 Å². The molecule has 0 radical (unpaired) electrons. The molecular weight excluding hydrogens is 360 g/mol. The number of aryl methyl sites for hydroxylation is 1. The molecule has 0 unspecified atom stereocenters. The number of amides is 1. The molecule has 1 heterocycles. The SMILES string of the molecule is COc1cccc(CCCN2CCCC2)c1.NC(=O)CC1Cc2ccccc2C1. The minimum absolute atomic E-state index is 0.183. The molecule has 2 aromatic rings. The van der Waals surface area contributed by atoms with Crippen LogP contribution in [-0.4, -0.2) is 37.6 Å². The van der Waals surface area contributed by atoms with E-state index < -0.39 is 0 Å². The summed E-state index contributed by atoms with van der Waals surface area (Å²) in [4.78, 5) is 13.3. The molecule has 2 aliphatic rings. The Hall–Kier alpha value is -2.33. The number of hydrogen-bond donors (Lipinski definition) is 1. The van der Waals surface area contributed by atoms with Crippen molar-refractivity contribution in [3.8, 4) is 5.75 Å². The fraction of sp³-hybridized carbons (Fsp3) is 0.480. The molecule has 1 aliphatic heterocycles. The van der Waals surface area contributed by atoms with Gasteiger partial charge < -0.3 is 15.4 Å². The van der Waals surface area contributed by atoms with E-state index in [1.165, 1.54) is 55.6 Å². The average molecular weight is 395 g/mol. The monoisotopic (exact) mass is 394 g/mol. The molecule has 1 saturated heterocycles. The van der Waals surface area contributed by atoms with Crippen LogP contribution in [0.15, 0.2) is 48.5 Å². The first-order valence-corrected chi connectivity index (χ1v) is 10.8. The van der Waals surface area contributed by atoms with Crippen LogP contribution in [0.3, 0.4) is 0 Å². The highest BCUT2D eigenvalue weighted by molar-refractivity contribution is 5.74. The number of carbonyl (C=O) groups excluding carboxylic acids is 1. The topological polar surface area (TPSA) is 55.6 Å². The Bertz CT molecular complexity index is 759. The Morgan fingerprint density at radius 1 is 1.07 bits per heavy atom. The number of likely N-dealkylation sites (tertiary alicyclic amines) is 1. The molecule has 2 N–H and O–H groups in total. The van der Waals surface area contributed by atoms with E-state index in [4.69, 9.17) is 10.5 Å². The van der Waals surface area contributed by atoms with Crippen LogP contribution in [-0.2, 0) is 24.1 Å². The highest BCUT2D eigenvalue weighted by atomic mass is 16.5. The number of rotatable bonds is 7. The molecule has 0 bridgehead atoms. The number of benzene rings is 2. The summed E-state index contributed by atoms with van der Waals surface area (Å²) in [5.41, 5.74) is 9.32. The average Bonchev–Trinajstić information content (AvgIpc) is 3.37. The van der Waals surface area contributed by atoms with Crippen LogP contribution in [0.2, 0.25) is 0 Å². The van der Waals surface area contributed by atoms with Crippen LogP contribution in [0.5, 0.6) is 5.75 Å². The molecule has 1 fully saturated rings. The van der Waals surface area contributed by atoms with E-state index in [2.05, 4.69) is 35.2 Å². The van der Waals surface area contributed by atoms with Gasteiger partial charge >= 0.3 is 0 Å². The summed E-state index contributed by atoms with van der Waals surface area (Å²) in [6.07, 6.45) is 7.74. The maximum Gasteiger partial charge on any atom is 0.217 e. The van der Waals surface area contributed by atoms with Gasteiger partial charge in [0.05, 0.1) is 7.11 Å². The summed E-state index contributed by atoms with van der Waals surface area (Å²) in [5.74, 6) is 1.23. The van der Waals surface area contributed by atoms with Gasteiger partial charge in [0.25, 0.3) is 0 Å². The van der Waals surface area contributed by atoms with Crippen molar-refractivity contribution >= 4 is 5.91 Å². The standard InChI is InChI=1S/C14H21NO.C11H13NO/c1-16-14-8-4-6-13(12-14)7-5-11-15-9-2-3-10-15;12-11(13)7-8-5-9-3-1-2-4-10(9)6-8/h4,6,8,12H,2-3,5,7,9-11H2,1H3;1-4,8H,5-7H2,(H2,12,13). The minimum Gasteiger partial charge on any atom is -0.497 e. The lowest BCUT2D eigenvalue weighted by Gasteiger charge is -2.14. The lowest BCUT2D eigenvalue weighted by atomic mass is 10.0. The first kappa shape index (κ1) is 21.4. The van der Waals surface area contributed by atoms with E-state index in [9.17, 15) is 4.79 Å². The van der Waals surface area contributed by atoms with Crippen molar-refractivity contribution in [3.63, 3.8) is 0 Å². The minimum atomic E-state index is -0.183. The second-order valence-electron chi connectivity index (χ2n) is 8.22. The smallest absolute Gasteiger partial charge is 0.217 e. The van der Waals surface area contributed by atoms with Crippen molar-refractivity contribution in [3.05, 3.63) is 65.2 Å². The van der Waals surface area contributed by atoms with E-state index in [1.54, 1.807) is 7.11 Å². The molecule has 4 nitrogen and oxygen atoms in total. The number of methoxy groups -OCH3 is 1. The molecule has 0 spiro atoms. The number of ether oxygens (including phenoxy) is 1. The number of carbonyl (C=O) groups is 1. The second-order valence-corrected chi connectivity index (χ2v) is 8.22. The summed E-state index contributed by atoms with van der Waals surface area (Å²) in [6.45, 7) is 3.85. The van der Waals surface area contributed by atoms with Gasteiger partial charge in [-0.25, -0.2) is 0 Å². The van der Waals surface area contributed by atoms with E-state index in [0.717, 1.165) is 25.0 Å². The third-order valence-corrected chi connectivity index (χ3v) is 5.90. The van der Waals surface area contributed by atoms with E-state index >= 15 is 0 Å².